The van der Waals surface area contributed by atoms with Crippen molar-refractivity contribution in [3.8, 4) is 0 Å². The van der Waals surface area contributed by atoms with Crippen LogP contribution in [0.25, 0.3) is 0 Å². The van der Waals surface area contributed by atoms with Crippen LogP contribution in [0.3, 0.4) is 0 Å². The summed E-state index contributed by atoms with van der Waals surface area (Å²) >= 11 is 0. The Balaban J connectivity index is 1.50. The fourth-order valence-corrected chi connectivity index (χ4v) is 3.42. The average molecular weight is 365 g/mol. The first-order valence-corrected chi connectivity index (χ1v) is 9.69. The Labute approximate surface area is 160 Å². The second-order valence-electron chi connectivity index (χ2n) is 6.86. The van der Waals surface area contributed by atoms with Crippen LogP contribution in [0.4, 0.5) is 16.2 Å². The molecule has 5 heteroatoms. The third-order valence-corrected chi connectivity index (χ3v) is 4.76. The van der Waals surface area contributed by atoms with E-state index in [2.05, 4.69) is 29.7 Å². The molecule has 0 radical (unpaired) electrons. The maximum Gasteiger partial charge on any atom is 0.319 e. The molecule has 2 aromatic rings. The minimum absolute atomic E-state index is 0.182. The molecule has 0 spiro atoms. The fourth-order valence-electron chi connectivity index (χ4n) is 3.42. The van der Waals surface area contributed by atoms with Gasteiger partial charge in [-0.05, 0) is 55.0 Å². The standard InChI is InChI=1S/C22H27N3O2/c1-2-15-25-20-12-11-19(16-18(20)10-13-21(25)26)24-22(27)23-14-6-9-17-7-4-3-5-8-17/h3-5,7-8,11-12,16H,2,6,9-10,13-15H2,1H3,(H2,23,24,27). The zero-order valence-corrected chi connectivity index (χ0v) is 15.8. The van der Waals surface area contributed by atoms with E-state index in [0.717, 1.165) is 49.2 Å². The Bertz CT molecular complexity index is 789. The second kappa shape index (κ2) is 9.21. The van der Waals surface area contributed by atoms with Crippen molar-refractivity contribution in [3.05, 3.63) is 59.7 Å². The lowest BCUT2D eigenvalue weighted by Gasteiger charge is -2.29. The highest BCUT2D eigenvalue weighted by Gasteiger charge is 2.23. The molecule has 0 atom stereocenters. The van der Waals surface area contributed by atoms with Crippen LogP contribution in [0, 0.1) is 0 Å². The van der Waals surface area contributed by atoms with E-state index in [4.69, 9.17) is 0 Å². The molecule has 1 aliphatic heterocycles. The number of benzene rings is 2. The molecule has 27 heavy (non-hydrogen) atoms. The summed E-state index contributed by atoms with van der Waals surface area (Å²) in [5.41, 5.74) is 4.13. The van der Waals surface area contributed by atoms with Crippen LogP contribution in [0.5, 0.6) is 0 Å². The summed E-state index contributed by atoms with van der Waals surface area (Å²) in [7, 11) is 0. The molecular formula is C22H27N3O2. The van der Waals surface area contributed by atoms with E-state index in [9.17, 15) is 9.59 Å². The zero-order valence-electron chi connectivity index (χ0n) is 15.8. The SMILES string of the molecule is CCCN1C(=O)CCc2cc(NC(=O)NCCCc3ccccc3)ccc21. The zero-order chi connectivity index (χ0) is 19.1. The first-order valence-electron chi connectivity index (χ1n) is 9.69. The molecule has 0 aliphatic carbocycles. The van der Waals surface area contributed by atoms with Gasteiger partial charge in [0.1, 0.15) is 0 Å². The summed E-state index contributed by atoms with van der Waals surface area (Å²) in [6.07, 6.45) is 4.03. The molecule has 0 fully saturated rings. The van der Waals surface area contributed by atoms with Crippen molar-refractivity contribution in [2.45, 2.75) is 39.0 Å². The summed E-state index contributed by atoms with van der Waals surface area (Å²) in [6.45, 7) is 3.44. The lowest BCUT2D eigenvalue weighted by molar-refractivity contribution is -0.118. The number of amides is 3. The molecule has 2 aromatic carbocycles. The Morgan fingerprint density at radius 1 is 1.11 bits per heavy atom. The number of urea groups is 1. The van der Waals surface area contributed by atoms with Gasteiger partial charge in [-0.3, -0.25) is 4.79 Å². The molecule has 0 unspecified atom stereocenters. The Morgan fingerprint density at radius 2 is 1.93 bits per heavy atom. The number of hydrogen-bond acceptors (Lipinski definition) is 2. The third kappa shape index (κ3) is 5.09. The van der Waals surface area contributed by atoms with E-state index < -0.39 is 0 Å². The predicted octanol–water partition coefficient (Wildman–Crippen LogP) is 4.13. The molecule has 1 heterocycles. The van der Waals surface area contributed by atoms with Gasteiger partial charge in [0.25, 0.3) is 0 Å². The molecule has 3 amide bonds. The Hall–Kier alpha value is -2.82. The molecule has 0 bridgehead atoms. The molecule has 0 aromatic heterocycles. The molecule has 0 saturated carbocycles. The topological polar surface area (TPSA) is 61.4 Å². The highest BCUT2D eigenvalue weighted by molar-refractivity contribution is 5.97. The normalized spacial score (nSPS) is 13.2. The molecule has 0 saturated heterocycles. The van der Waals surface area contributed by atoms with Crippen LogP contribution in [0.1, 0.15) is 37.3 Å². The van der Waals surface area contributed by atoms with Gasteiger partial charge < -0.3 is 15.5 Å². The van der Waals surface area contributed by atoms with E-state index in [-0.39, 0.29) is 11.9 Å². The summed E-state index contributed by atoms with van der Waals surface area (Å²) < 4.78 is 0. The van der Waals surface area contributed by atoms with Gasteiger partial charge in [0.2, 0.25) is 5.91 Å². The highest BCUT2D eigenvalue weighted by atomic mass is 16.2. The van der Waals surface area contributed by atoms with Gasteiger partial charge in [-0.2, -0.15) is 0 Å². The highest BCUT2D eigenvalue weighted by Crippen LogP contribution is 2.30. The number of aryl methyl sites for hydroxylation is 2. The molecule has 5 nitrogen and oxygen atoms in total. The lowest BCUT2D eigenvalue weighted by Crippen LogP contribution is -2.35. The van der Waals surface area contributed by atoms with Crippen molar-refractivity contribution in [1.29, 1.82) is 0 Å². The smallest absolute Gasteiger partial charge is 0.319 e. The van der Waals surface area contributed by atoms with Crippen molar-refractivity contribution in [2.75, 3.05) is 23.3 Å². The van der Waals surface area contributed by atoms with E-state index in [1.54, 1.807) is 0 Å². The number of rotatable bonds is 7. The summed E-state index contributed by atoms with van der Waals surface area (Å²) in [5, 5.41) is 5.80. The van der Waals surface area contributed by atoms with E-state index in [0.29, 0.717) is 13.0 Å². The van der Waals surface area contributed by atoms with Crippen LogP contribution in [0.15, 0.2) is 48.5 Å². The molecule has 1 aliphatic rings. The maximum atomic E-state index is 12.1. The van der Waals surface area contributed by atoms with Crippen molar-refractivity contribution in [2.24, 2.45) is 0 Å². The lowest BCUT2D eigenvalue weighted by atomic mass is 10.00. The molecule has 2 N–H and O–H groups in total. The minimum Gasteiger partial charge on any atom is -0.338 e. The van der Waals surface area contributed by atoms with Gasteiger partial charge in [0, 0.05) is 30.9 Å². The van der Waals surface area contributed by atoms with Crippen LogP contribution in [0.2, 0.25) is 0 Å². The van der Waals surface area contributed by atoms with Crippen molar-refractivity contribution < 1.29 is 9.59 Å². The molecule has 142 valence electrons. The number of nitrogens with one attached hydrogen (secondary N) is 2. The molecule has 3 rings (SSSR count). The summed E-state index contributed by atoms with van der Waals surface area (Å²) in [4.78, 5) is 26.1. The number of anilines is 2. The second-order valence-corrected chi connectivity index (χ2v) is 6.86. The quantitative estimate of drug-likeness (QED) is 0.725. The van der Waals surface area contributed by atoms with Crippen molar-refractivity contribution >= 4 is 23.3 Å². The minimum atomic E-state index is -0.194. The average Bonchev–Trinajstić information content (AvgIpc) is 2.68. The summed E-state index contributed by atoms with van der Waals surface area (Å²) in [5.74, 6) is 0.182. The number of fused-ring (bicyclic) bond motifs is 1. The number of carbonyl (C=O) groups excluding carboxylic acids is 2. The van der Waals surface area contributed by atoms with Gasteiger partial charge in [0.05, 0.1) is 0 Å². The first-order chi connectivity index (χ1) is 13.2. The number of hydrogen-bond donors (Lipinski definition) is 2. The largest absolute Gasteiger partial charge is 0.338 e. The Morgan fingerprint density at radius 3 is 2.70 bits per heavy atom. The van der Waals surface area contributed by atoms with Crippen LogP contribution in [-0.2, 0) is 17.6 Å². The number of nitrogens with zero attached hydrogens (tertiary/aromatic N) is 1. The van der Waals surface area contributed by atoms with E-state index in [1.165, 1.54) is 5.56 Å². The van der Waals surface area contributed by atoms with Gasteiger partial charge in [-0.25, -0.2) is 4.79 Å². The van der Waals surface area contributed by atoms with E-state index >= 15 is 0 Å². The van der Waals surface area contributed by atoms with Crippen LogP contribution in [-0.4, -0.2) is 25.0 Å². The van der Waals surface area contributed by atoms with Crippen molar-refractivity contribution in [1.82, 2.24) is 5.32 Å². The number of carbonyl (C=O) groups is 2. The van der Waals surface area contributed by atoms with Gasteiger partial charge in [-0.1, -0.05) is 37.3 Å². The Kier molecular flexibility index (Phi) is 6.47. The first kappa shape index (κ1) is 19.0. The van der Waals surface area contributed by atoms with E-state index in [1.807, 2.05) is 41.3 Å². The van der Waals surface area contributed by atoms with Crippen LogP contribution < -0.4 is 15.5 Å². The summed E-state index contributed by atoms with van der Waals surface area (Å²) in [6, 6.07) is 15.8. The van der Waals surface area contributed by atoms with Gasteiger partial charge in [-0.15, -0.1) is 0 Å². The van der Waals surface area contributed by atoms with Crippen LogP contribution >= 0.6 is 0 Å². The third-order valence-electron chi connectivity index (χ3n) is 4.76. The van der Waals surface area contributed by atoms with Crippen molar-refractivity contribution in [3.63, 3.8) is 0 Å². The predicted molar refractivity (Wildman–Crippen MR) is 109 cm³/mol. The van der Waals surface area contributed by atoms with Gasteiger partial charge in [0.15, 0.2) is 0 Å². The fraction of sp³-hybridized carbons (Fsp3) is 0.364. The van der Waals surface area contributed by atoms with Gasteiger partial charge >= 0.3 is 6.03 Å². The molecular weight excluding hydrogens is 338 g/mol. The monoisotopic (exact) mass is 365 g/mol. The maximum absolute atomic E-state index is 12.1.